The number of likely N-dealkylation sites (N-methyl/N-ethyl adjacent to an activating group) is 2. The van der Waals surface area contributed by atoms with Crippen molar-refractivity contribution >= 4 is 23.8 Å². The number of hydrogen-bond donors (Lipinski definition) is 9. The lowest BCUT2D eigenvalue weighted by Crippen LogP contribution is -2.59. The molecule has 1 aromatic heterocycles. The van der Waals surface area contributed by atoms with Crippen molar-refractivity contribution in [3.8, 4) is 0 Å². The van der Waals surface area contributed by atoms with E-state index in [0.29, 0.717) is 6.54 Å². The first-order valence-corrected chi connectivity index (χ1v) is 23.6. The van der Waals surface area contributed by atoms with Crippen LogP contribution in [0, 0.1) is 0 Å². The van der Waals surface area contributed by atoms with Crippen LogP contribution in [0.5, 0.6) is 0 Å². The van der Waals surface area contributed by atoms with Crippen LogP contribution in [-0.4, -0.2) is 175 Å². The van der Waals surface area contributed by atoms with E-state index in [1.54, 1.807) is 18.0 Å². The van der Waals surface area contributed by atoms with Gasteiger partial charge in [0.05, 0.1) is 0 Å². The molecule has 0 aliphatic carbocycles. The quantitative estimate of drug-likeness (QED) is 0.0530. The molecule has 408 valence electrons. The molecule has 2 saturated heterocycles. The number of rotatable bonds is 24. The zero-order chi connectivity index (χ0) is 53.6. The summed E-state index contributed by atoms with van der Waals surface area (Å²) in [6, 6.07) is -0.266. The Hall–Kier alpha value is -4.48. The number of nitrogens with two attached hydrogens (primary N) is 1. The number of carboxylic acid groups (broad SMARTS) is 2. The van der Waals surface area contributed by atoms with Gasteiger partial charge in [0.25, 0.3) is 11.5 Å². The predicted molar refractivity (Wildman–Crippen MR) is 239 cm³/mol. The predicted octanol–water partition coefficient (Wildman–Crippen LogP) is 2.25. The van der Waals surface area contributed by atoms with Crippen molar-refractivity contribution in [2.45, 2.75) is 183 Å². The first-order valence-electron chi connectivity index (χ1n) is 23.6. The fraction of sp³-hybridized carbons (Fsp3) is 0.773. The Bertz CT molecular complexity index is 1930. The fourth-order valence-corrected chi connectivity index (χ4v) is 7.91. The zero-order valence-corrected chi connectivity index (χ0v) is 40.0. The number of hydrogen-bond acceptors (Lipinski definition) is 15. The summed E-state index contributed by atoms with van der Waals surface area (Å²) in [6.45, 7) is 2.60. The van der Waals surface area contributed by atoms with E-state index in [0.717, 1.165) is 42.5 Å². The minimum atomic E-state index is -5.08. The SMILES string of the molecule is CCCCCCCCCCCCCCCCCCNC(=O)C1=CCN(C)[C@@H]([C@H](O[C@@H]2O[C@H](CN)[C@@H](O)[C@H]2O)[C@H]2O[C@@H](n3ccc(=O)[nH]c3=O)[C@H](O)[C@@H]2O)C(=O)N1C.O=C(O)C(F)(F)F.O=C(O)C(F)(F)F. The molecular weight excluding hydrogens is 966 g/mol. The van der Waals surface area contributed by atoms with Crippen molar-refractivity contribution in [3.63, 3.8) is 0 Å². The first-order chi connectivity index (χ1) is 33.3. The third kappa shape index (κ3) is 20.2. The number of ether oxygens (including phenoxy) is 3. The lowest BCUT2D eigenvalue weighted by Gasteiger charge is -2.38. The van der Waals surface area contributed by atoms with Gasteiger partial charge in [-0.05, 0) is 19.5 Å². The minimum Gasteiger partial charge on any atom is -0.475 e. The van der Waals surface area contributed by atoms with Gasteiger partial charge in [0, 0.05) is 38.9 Å². The summed E-state index contributed by atoms with van der Waals surface area (Å²) in [5, 5.41) is 60.8. The molecule has 0 unspecified atom stereocenters. The number of aliphatic carboxylic acids is 2. The minimum absolute atomic E-state index is 0.0682. The maximum absolute atomic E-state index is 14.3. The number of amides is 2. The second-order valence-corrected chi connectivity index (χ2v) is 17.4. The van der Waals surface area contributed by atoms with E-state index in [9.17, 15) is 65.9 Å². The molecule has 10 N–H and O–H groups in total. The van der Waals surface area contributed by atoms with E-state index < -0.39 is 109 Å². The number of aliphatic hydroxyl groups excluding tert-OH is 4. The van der Waals surface area contributed by atoms with E-state index in [1.807, 2.05) is 0 Å². The monoisotopic (exact) mass is 1040 g/mol. The standard InChI is InChI=1S/C40H68N6O11.2C2HF3O2/c1-4-5-6-7-8-9-10-11-12-13-14-15-16-17-18-19-22-42-36(52)26-20-23-44(2)29(37(53)45(26)3)34(57-39-33(51)30(48)27(25-41)55-39)35-31(49)32(50)38(56-35)46-24-21-28(47)43-40(46)54;2*3-2(4,5)1(6)7/h20-21,24,27,29-35,38-39,48-51H,4-19,22-23,25,41H2,1-3H3,(H,42,52)(H,43,47,54);2*(H,6,7)/t27-,29+,30-,31+,32-,33-,34+,35+,38-,39+;;/m1../s1. The van der Waals surface area contributed by atoms with Crippen LogP contribution >= 0.6 is 0 Å². The van der Waals surface area contributed by atoms with E-state index in [2.05, 4.69) is 17.2 Å². The molecule has 4 rings (SSSR count). The number of H-pyrrole nitrogens is 1. The third-order valence-corrected chi connectivity index (χ3v) is 11.9. The summed E-state index contributed by atoms with van der Waals surface area (Å²) in [7, 11) is 3.02. The number of aromatic nitrogens is 2. The number of nitrogens with zero attached hydrogens (tertiary/aromatic N) is 3. The van der Waals surface area contributed by atoms with E-state index in [1.165, 1.54) is 89.0 Å². The van der Waals surface area contributed by atoms with Crippen LogP contribution in [0.4, 0.5) is 26.3 Å². The average molecular weight is 1040 g/mol. The van der Waals surface area contributed by atoms with E-state index >= 15 is 0 Å². The largest absolute Gasteiger partial charge is 0.490 e. The van der Waals surface area contributed by atoms with Crippen LogP contribution in [-0.2, 0) is 33.4 Å². The van der Waals surface area contributed by atoms with E-state index in [-0.39, 0.29) is 18.8 Å². The molecule has 0 aromatic carbocycles. The summed E-state index contributed by atoms with van der Waals surface area (Å²) < 4.78 is 82.2. The van der Waals surface area contributed by atoms with Crippen LogP contribution in [0.25, 0.3) is 0 Å². The molecule has 3 aliphatic heterocycles. The Labute approximate surface area is 405 Å². The number of unbranched alkanes of at least 4 members (excludes halogenated alkanes) is 15. The van der Waals surface area contributed by atoms with Gasteiger partial charge >= 0.3 is 30.0 Å². The molecule has 21 nitrogen and oxygen atoms in total. The number of nitrogens with one attached hydrogen (secondary N) is 2. The van der Waals surface area contributed by atoms with Gasteiger partial charge in [0.15, 0.2) is 12.5 Å². The number of carbonyl (C=O) groups is 4. The van der Waals surface area contributed by atoms with Crippen molar-refractivity contribution < 1.29 is 90.4 Å². The van der Waals surface area contributed by atoms with Gasteiger partial charge in [-0.25, -0.2) is 14.4 Å². The maximum Gasteiger partial charge on any atom is 0.490 e. The highest BCUT2D eigenvalue weighted by Crippen LogP contribution is 2.36. The highest BCUT2D eigenvalue weighted by molar-refractivity contribution is 5.99. The molecular formula is C44H70F6N6O15. The number of aliphatic hydroxyl groups is 4. The zero-order valence-electron chi connectivity index (χ0n) is 40.0. The Morgan fingerprint density at radius 1 is 0.775 bits per heavy atom. The van der Waals surface area contributed by atoms with Crippen molar-refractivity contribution in [1.29, 1.82) is 0 Å². The third-order valence-electron chi connectivity index (χ3n) is 11.9. The molecule has 0 radical (unpaired) electrons. The Morgan fingerprint density at radius 3 is 1.69 bits per heavy atom. The topological polar surface area (TPSA) is 317 Å². The molecule has 1 aromatic rings. The van der Waals surface area contributed by atoms with E-state index in [4.69, 9.17) is 39.7 Å². The van der Waals surface area contributed by atoms with Crippen molar-refractivity contribution in [1.82, 2.24) is 24.7 Å². The van der Waals surface area contributed by atoms with Crippen LogP contribution in [0.3, 0.4) is 0 Å². The number of carboxylic acids is 2. The lowest BCUT2D eigenvalue weighted by molar-refractivity contribution is -0.232. The van der Waals surface area contributed by atoms with Gasteiger partial charge < -0.3 is 60.8 Å². The molecule has 2 amide bonds. The van der Waals surface area contributed by atoms with Gasteiger partial charge in [0.2, 0.25) is 5.91 Å². The van der Waals surface area contributed by atoms with Crippen molar-refractivity contribution in [2.24, 2.45) is 5.73 Å². The van der Waals surface area contributed by atoms with Crippen LogP contribution in [0.1, 0.15) is 116 Å². The first kappa shape index (κ1) is 62.6. The molecule has 0 saturated carbocycles. The summed E-state index contributed by atoms with van der Waals surface area (Å²) in [5.41, 5.74) is 4.21. The second kappa shape index (κ2) is 30.5. The molecule has 4 heterocycles. The Balaban J connectivity index is 0.00000107. The summed E-state index contributed by atoms with van der Waals surface area (Å²) >= 11 is 0. The molecule has 3 aliphatic rings. The highest BCUT2D eigenvalue weighted by atomic mass is 19.4. The van der Waals surface area contributed by atoms with Crippen molar-refractivity contribution in [2.75, 3.05) is 33.7 Å². The average Bonchev–Trinajstić information content (AvgIpc) is 3.70. The van der Waals surface area contributed by atoms with Crippen molar-refractivity contribution in [3.05, 3.63) is 44.9 Å². The Morgan fingerprint density at radius 2 is 1.25 bits per heavy atom. The number of aromatic amines is 1. The normalized spacial score (nSPS) is 25.3. The second-order valence-electron chi connectivity index (χ2n) is 17.4. The molecule has 0 bridgehead atoms. The van der Waals surface area contributed by atoms with Gasteiger partial charge in [0.1, 0.15) is 54.5 Å². The lowest BCUT2D eigenvalue weighted by atomic mass is 9.97. The smallest absolute Gasteiger partial charge is 0.475 e. The number of alkyl halides is 6. The van der Waals surface area contributed by atoms with Crippen LogP contribution in [0.2, 0.25) is 0 Å². The molecule has 0 spiro atoms. The summed E-state index contributed by atoms with van der Waals surface area (Å²) in [6.07, 6.45) is -1.14. The van der Waals surface area contributed by atoms with Crippen LogP contribution in [0.15, 0.2) is 33.6 Å². The fourth-order valence-electron chi connectivity index (χ4n) is 7.91. The molecule has 10 atom stereocenters. The summed E-state index contributed by atoms with van der Waals surface area (Å²) in [4.78, 5) is 74.6. The Kier molecular flexibility index (Phi) is 26.9. The van der Waals surface area contributed by atoms with Gasteiger partial charge in [-0.1, -0.05) is 103 Å². The number of carbonyl (C=O) groups excluding carboxylic acids is 2. The van der Waals surface area contributed by atoms with Crippen LogP contribution < -0.4 is 22.3 Å². The highest BCUT2D eigenvalue weighted by Gasteiger charge is 2.55. The van der Waals surface area contributed by atoms with Gasteiger partial charge in [-0.15, -0.1) is 0 Å². The van der Waals surface area contributed by atoms with Gasteiger partial charge in [-0.2, -0.15) is 26.3 Å². The summed E-state index contributed by atoms with van der Waals surface area (Å²) in [5.74, 6) is -6.59. The van der Waals surface area contributed by atoms with Gasteiger partial charge in [-0.3, -0.25) is 28.8 Å². The number of halogens is 6. The molecule has 2 fully saturated rings. The molecule has 71 heavy (non-hydrogen) atoms. The maximum atomic E-state index is 14.3. The molecule has 27 heteroatoms.